The van der Waals surface area contributed by atoms with E-state index in [1.807, 2.05) is 0 Å². The van der Waals surface area contributed by atoms with Crippen molar-refractivity contribution in [2.24, 2.45) is 0 Å². The van der Waals surface area contributed by atoms with Crippen LogP contribution in [0.2, 0.25) is 5.15 Å². The zero-order chi connectivity index (χ0) is 20.0. The van der Waals surface area contributed by atoms with Crippen molar-refractivity contribution in [1.29, 1.82) is 0 Å². The Morgan fingerprint density at radius 2 is 2.07 bits per heavy atom. The highest BCUT2D eigenvalue weighted by molar-refractivity contribution is 6.34. The van der Waals surface area contributed by atoms with Crippen LogP contribution in [0.25, 0.3) is 11.0 Å². The number of nitrogens with one attached hydrogen (secondary N) is 1. The Morgan fingerprint density at radius 3 is 2.86 bits per heavy atom. The summed E-state index contributed by atoms with van der Waals surface area (Å²) in [6, 6.07) is 0.343. The van der Waals surface area contributed by atoms with Crippen LogP contribution < -0.4 is 10.1 Å². The summed E-state index contributed by atoms with van der Waals surface area (Å²) in [5, 5.41) is 13.7. The largest absolute Gasteiger partial charge is 0.475 e. The number of methoxy groups -OCH3 is 1. The first-order chi connectivity index (χ1) is 14.1. The highest BCUT2D eigenvalue weighted by Gasteiger charge is 2.27. The van der Waals surface area contributed by atoms with E-state index in [2.05, 4.69) is 32.0 Å². The van der Waals surface area contributed by atoms with E-state index in [0.29, 0.717) is 42.3 Å². The van der Waals surface area contributed by atoms with Crippen LogP contribution in [-0.4, -0.2) is 49.3 Å². The lowest BCUT2D eigenvalue weighted by atomic mass is 9.93. The van der Waals surface area contributed by atoms with Gasteiger partial charge in [0.2, 0.25) is 5.95 Å². The summed E-state index contributed by atoms with van der Waals surface area (Å²) < 4.78 is 15.5. The summed E-state index contributed by atoms with van der Waals surface area (Å²) in [6.45, 7) is 3.25. The van der Waals surface area contributed by atoms with Crippen molar-refractivity contribution in [3.63, 3.8) is 0 Å². The Hall–Kier alpha value is -2.39. The molecule has 1 aliphatic heterocycles. The molecular formula is C19H24ClN7O2. The summed E-state index contributed by atoms with van der Waals surface area (Å²) >= 11 is 6.23. The molecule has 1 fully saturated rings. The molecule has 2 bridgehead atoms. The van der Waals surface area contributed by atoms with Gasteiger partial charge in [-0.2, -0.15) is 10.1 Å². The van der Waals surface area contributed by atoms with E-state index in [1.54, 1.807) is 18.0 Å². The number of fused-ring (bicyclic) bond motifs is 2. The Bertz CT molecular complexity index is 1040. The molecule has 0 unspecified atom stereocenters. The van der Waals surface area contributed by atoms with Crippen molar-refractivity contribution in [2.45, 2.75) is 57.7 Å². The first-order valence-corrected chi connectivity index (χ1v) is 10.4. The lowest BCUT2D eigenvalue weighted by molar-refractivity contribution is 0.0563. The number of aromatic nitrogens is 6. The van der Waals surface area contributed by atoms with Gasteiger partial charge in [-0.15, -0.1) is 5.10 Å². The van der Waals surface area contributed by atoms with Crippen molar-refractivity contribution in [1.82, 2.24) is 29.5 Å². The van der Waals surface area contributed by atoms with Gasteiger partial charge in [0.15, 0.2) is 10.8 Å². The highest BCUT2D eigenvalue weighted by atomic mass is 35.5. The molecule has 10 heteroatoms. The second-order valence-corrected chi connectivity index (χ2v) is 8.01. The molecule has 2 aliphatic rings. The standard InChI is InChI=1S/C19H24ClN7O2/c1-11-15-18(25-27(11)12-4-6-13(28-2)7-5-12)29-9-3-8-26-17-14(16(20)24-26)10-21-19(22-15)23-17/h10,12-13H,3-9H2,1-2H3,(H,21,22,23)/t12-,13-. The van der Waals surface area contributed by atoms with Gasteiger partial charge >= 0.3 is 0 Å². The number of aryl methyl sites for hydroxylation is 1. The van der Waals surface area contributed by atoms with Crippen molar-refractivity contribution in [3.8, 4) is 5.88 Å². The molecule has 0 aromatic carbocycles. The third-order valence-electron chi connectivity index (χ3n) is 5.87. The van der Waals surface area contributed by atoms with Crippen LogP contribution >= 0.6 is 11.6 Å². The minimum absolute atomic E-state index is 0.343. The summed E-state index contributed by atoms with van der Waals surface area (Å²) in [5.41, 5.74) is 2.56. The summed E-state index contributed by atoms with van der Waals surface area (Å²) in [7, 11) is 1.79. The lowest BCUT2D eigenvalue weighted by Gasteiger charge is -2.28. The number of halogens is 1. The third kappa shape index (κ3) is 3.32. The topological polar surface area (TPSA) is 91.9 Å². The van der Waals surface area contributed by atoms with E-state index in [9.17, 15) is 0 Å². The van der Waals surface area contributed by atoms with Crippen molar-refractivity contribution in [2.75, 3.05) is 19.0 Å². The Kier molecular flexibility index (Phi) is 4.79. The lowest BCUT2D eigenvalue weighted by Crippen LogP contribution is -2.24. The van der Waals surface area contributed by atoms with Gasteiger partial charge < -0.3 is 14.8 Å². The average molecular weight is 418 g/mol. The molecule has 4 heterocycles. The molecule has 3 aromatic heterocycles. The molecule has 1 N–H and O–H groups in total. The monoisotopic (exact) mass is 417 g/mol. The van der Waals surface area contributed by atoms with Crippen LogP contribution in [-0.2, 0) is 11.3 Å². The predicted octanol–water partition coefficient (Wildman–Crippen LogP) is 3.64. The molecule has 29 heavy (non-hydrogen) atoms. The highest BCUT2D eigenvalue weighted by Crippen LogP contribution is 2.37. The zero-order valence-corrected chi connectivity index (χ0v) is 17.3. The SMILES string of the molecule is CO[C@H]1CC[C@H](n2nc3c(c2C)Nc2ncc4c(Cl)nn(c4n2)CCCO3)CC1. The minimum Gasteiger partial charge on any atom is -0.475 e. The van der Waals surface area contributed by atoms with Crippen LogP contribution in [0, 0.1) is 6.92 Å². The maximum absolute atomic E-state index is 6.23. The molecule has 1 aliphatic carbocycles. The van der Waals surface area contributed by atoms with Crippen molar-refractivity contribution >= 4 is 34.3 Å². The maximum Gasteiger partial charge on any atom is 0.257 e. The molecule has 0 amide bonds. The number of nitrogens with zero attached hydrogens (tertiary/aromatic N) is 6. The second-order valence-electron chi connectivity index (χ2n) is 7.65. The van der Waals surface area contributed by atoms with Gasteiger partial charge in [-0.25, -0.2) is 9.67 Å². The average Bonchev–Trinajstić information content (AvgIpc) is 3.21. The van der Waals surface area contributed by atoms with Crippen molar-refractivity contribution < 1.29 is 9.47 Å². The summed E-state index contributed by atoms with van der Waals surface area (Å²) in [6.07, 6.45) is 7.01. The van der Waals surface area contributed by atoms with Gasteiger partial charge in [0, 0.05) is 26.3 Å². The molecule has 9 nitrogen and oxygen atoms in total. The van der Waals surface area contributed by atoms with Crippen LogP contribution in [0.1, 0.15) is 43.8 Å². The molecular weight excluding hydrogens is 394 g/mol. The number of anilines is 2. The number of hydrogen-bond acceptors (Lipinski definition) is 7. The van der Waals surface area contributed by atoms with Crippen LogP contribution in [0.15, 0.2) is 6.20 Å². The Morgan fingerprint density at radius 1 is 1.24 bits per heavy atom. The third-order valence-corrected chi connectivity index (χ3v) is 6.15. The maximum atomic E-state index is 6.23. The van der Waals surface area contributed by atoms with E-state index in [1.165, 1.54) is 0 Å². The molecule has 154 valence electrons. The fourth-order valence-corrected chi connectivity index (χ4v) is 4.48. The van der Waals surface area contributed by atoms with Crippen LogP contribution in [0.5, 0.6) is 5.88 Å². The van der Waals surface area contributed by atoms with Gasteiger partial charge in [0.25, 0.3) is 5.88 Å². The predicted molar refractivity (Wildman–Crippen MR) is 109 cm³/mol. The molecule has 5 rings (SSSR count). The molecule has 1 saturated carbocycles. The molecule has 0 atom stereocenters. The Labute approximate surface area is 173 Å². The molecule has 0 spiro atoms. The van der Waals surface area contributed by atoms with E-state index < -0.39 is 0 Å². The fraction of sp³-hybridized carbons (Fsp3) is 0.579. The van der Waals surface area contributed by atoms with Gasteiger partial charge in [0.1, 0.15) is 5.69 Å². The molecule has 3 aromatic rings. The minimum atomic E-state index is 0.343. The Balaban J connectivity index is 1.51. The smallest absolute Gasteiger partial charge is 0.257 e. The first kappa shape index (κ1) is 18.6. The van der Waals surface area contributed by atoms with Crippen LogP contribution in [0.3, 0.4) is 0 Å². The second kappa shape index (κ2) is 7.46. The van der Waals surface area contributed by atoms with E-state index in [-0.39, 0.29) is 0 Å². The fourth-order valence-electron chi connectivity index (χ4n) is 4.25. The number of ether oxygens (including phenoxy) is 2. The quantitative estimate of drug-likeness (QED) is 0.680. The van der Waals surface area contributed by atoms with Gasteiger partial charge in [-0.05, 0) is 32.6 Å². The number of hydrogen-bond donors (Lipinski definition) is 1. The van der Waals surface area contributed by atoms with E-state index in [0.717, 1.165) is 54.5 Å². The summed E-state index contributed by atoms with van der Waals surface area (Å²) in [4.78, 5) is 9.07. The van der Waals surface area contributed by atoms with Gasteiger partial charge in [0.05, 0.1) is 29.8 Å². The van der Waals surface area contributed by atoms with Gasteiger partial charge in [-0.3, -0.25) is 4.68 Å². The number of rotatable bonds is 2. The molecule has 0 radical (unpaired) electrons. The zero-order valence-electron chi connectivity index (χ0n) is 16.6. The summed E-state index contributed by atoms with van der Waals surface area (Å²) in [5.74, 6) is 1.07. The van der Waals surface area contributed by atoms with Crippen molar-refractivity contribution in [3.05, 3.63) is 17.0 Å². The first-order valence-electron chi connectivity index (χ1n) is 10.0. The normalized spacial score (nSPS) is 22.0. The molecule has 0 saturated heterocycles. The van der Waals surface area contributed by atoms with E-state index in [4.69, 9.17) is 26.2 Å². The van der Waals surface area contributed by atoms with Gasteiger partial charge in [-0.1, -0.05) is 11.6 Å². The van der Waals surface area contributed by atoms with E-state index >= 15 is 0 Å². The van der Waals surface area contributed by atoms with Crippen LogP contribution in [0.4, 0.5) is 11.6 Å².